The van der Waals surface area contributed by atoms with Crippen molar-refractivity contribution in [1.29, 1.82) is 0 Å². The lowest BCUT2D eigenvalue weighted by molar-refractivity contribution is 0.0378. The maximum absolute atomic E-state index is 12.9. The zero-order valence-electron chi connectivity index (χ0n) is 18.0. The summed E-state index contributed by atoms with van der Waals surface area (Å²) in [6.45, 7) is 6.35. The van der Waals surface area contributed by atoms with E-state index in [0.717, 1.165) is 61.8 Å². The van der Waals surface area contributed by atoms with Gasteiger partial charge >= 0.3 is 0 Å². The van der Waals surface area contributed by atoms with Gasteiger partial charge in [-0.15, -0.1) is 11.8 Å². The number of amides is 1. The third-order valence-electron chi connectivity index (χ3n) is 5.94. The predicted molar refractivity (Wildman–Crippen MR) is 122 cm³/mol. The molecule has 1 saturated heterocycles. The number of carbonyl (C=O) groups is 1. The van der Waals surface area contributed by atoms with E-state index >= 15 is 0 Å². The summed E-state index contributed by atoms with van der Waals surface area (Å²) in [5, 5.41) is 12.8. The number of aromatic nitrogens is 1. The normalized spacial score (nSPS) is 19.7. The molecule has 1 fully saturated rings. The molecule has 3 heterocycles. The van der Waals surface area contributed by atoms with E-state index in [9.17, 15) is 9.90 Å². The van der Waals surface area contributed by atoms with Crippen molar-refractivity contribution in [3.05, 3.63) is 58.9 Å². The van der Waals surface area contributed by atoms with E-state index in [1.165, 1.54) is 11.3 Å². The molecular formula is C24H31N3O3S. The number of nitrogens with one attached hydrogen (secondary N) is 1. The minimum Gasteiger partial charge on any atom is -0.394 e. The second-order valence-electron chi connectivity index (χ2n) is 8.29. The van der Waals surface area contributed by atoms with Crippen LogP contribution in [0.3, 0.4) is 0 Å². The second-order valence-corrected chi connectivity index (χ2v) is 9.63. The number of pyridine rings is 1. The van der Waals surface area contributed by atoms with E-state index in [1.54, 1.807) is 18.0 Å². The summed E-state index contributed by atoms with van der Waals surface area (Å²) < 4.78 is 5.61. The smallest absolute Gasteiger partial charge is 0.253 e. The number of fused-ring (bicyclic) bond motifs is 1. The van der Waals surface area contributed by atoms with Crippen LogP contribution in [0.1, 0.15) is 53.0 Å². The molecule has 2 aliphatic rings. The average molecular weight is 442 g/mol. The summed E-state index contributed by atoms with van der Waals surface area (Å²) in [4.78, 5) is 21.0. The van der Waals surface area contributed by atoms with Crippen LogP contribution in [0.2, 0.25) is 0 Å². The van der Waals surface area contributed by atoms with Crippen LogP contribution >= 0.6 is 11.8 Å². The molecule has 0 bridgehead atoms. The van der Waals surface area contributed by atoms with Gasteiger partial charge in [0.25, 0.3) is 5.91 Å². The quantitative estimate of drug-likeness (QED) is 0.612. The monoisotopic (exact) mass is 441 g/mol. The minimum absolute atomic E-state index is 0.151. The van der Waals surface area contributed by atoms with Gasteiger partial charge in [0.1, 0.15) is 0 Å². The molecule has 2 aromatic rings. The molecule has 1 amide bonds. The SMILES string of the molecule is CCSc1ccc(C(CO)NC(=O)c2cnc3c(c2)CN(CC2CCCOC2)C3)cc1. The number of ether oxygens (including phenoxy) is 1. The summed E-state index contributed by atoms with van der Waals surface area (Å²) in [6, 6.07) is 9.50. The van der Waals surface area contributed by atoms with Gasteiger partial charge in [0.15, 0.2) is 0 Å². The fourth-order valence-corrected chi connectivity index (χ4v) is 5.00. The molecule has 7 heteroatoms. The van der Waals surface area contributed by atoms with E-state index in [2.05, 4.69) is 22.1 Å². The second kappa shape index (κ2) is 10.6. The highest BCUT2D eigenvalue weighted by Crippen LogP contribution is 2.25. The van der Waals surface area contributed by atoms with Gasteiger partial charge in [-0.3, -0.25) is 14.7 Å². The van der Waals surface area contributed by atoms with Crippen LogP contribution in [0.4, 0.5) is 0 Å². The number of benzene rings is 1. The van der Waals surface area contributed by atoms with Crippen LogP contribution in [0.5, 0.6) is 0 Å². The van der Waals surface area contributed by atoms with Crippen LogP contribution < -0.4 is 5.32 Å². The lowest BCUT2D eigenvalue weighted by Gasteiger charge is -2.26. The topological polar surface area (TPSA) is 74.7 Å². The van der Waals surface area contributed by atoms with Gasteiger partial charge in [-0.2, -0.15) is 0 Å². The Hall–Kier alpha value is -1.93. The first-order valence-electron chi connectivity index (χ1n) is 11.1. The molecule has 166 valence electrons. The van der Waals surface area contributed by atoms with Crippen molar-refractivity contribution in [2.75, 3.05) is 32.1 Å². The lowest BCUT2D eigenvalue weighted by Crippen LogP contribution is -2.31. The molecule has 0 saturated carbocycles. The number of carbonyl (C=O) groups excluding carboxylic acids is 1. The molecular weight excluding hydrogens is 410 g/mol. The highest BCUT2D eigenvalue weighted by atomic mass is 32.2. The standard InChI is InChI=1S/C24H31N3O3S/c1-2-31-21-7-5-18(6-8-21)23(15-28)26-24(29)19-10-20-13-27(14-22(20)25-11-19)12-17-4-3-9-30-16-17/h5-8,10-11,17,23,28H,2-4,9,12-16H2,1H3,(H,26,29). The largest absolute Gasteiger partial charge is 0.394 e. The Morgan fingerprint density at radius 3 is 2.90 bits per heavy atom. The maximum Gasteiger partial charge on any atom is 0.253 e. The fraction of sp³-hybridized carbons (Fsp3) is 0.500. The Labute approximate surface area is 188 Å². The molecule has 6 nitrogen and oxygen atoms in total. The number of aliphatic hydroxyl groups is 1. The molecule has 0 aliphatic carbocycles. The van der Waals surface area contributed by atoms with Crippen molar-refractivity contribution in [2.45, 2.75) is 43.8 Å². The summed E-state index contributed by atoms with van der Waals surface area (Å²) in [5.74, 6) is 1.38. The van der Waals surface area contributed by atoms with Crippen molar-refractivity contribution < 1.29 is 14.6 Å². The number of nitrogens with zero attached hydrogens (tertiary/aromatic N) is 2. The summed E-state index contributed by atoms with van der Waals surface area (Å²) >= 11 is 1.77. The van der Waals surface area contributed by atoms with E-state index in [1.807, 2.05) is 30.3 Å². The number of hydrogen-bond acceptors (Lipinski definition) is 6. The molecule has 2 unspecified atom stereocenters. The number of hydrogen-bond donors (Lipinski definition) is 2. The first-order chi connectivity index (χ1) is 15.2. The van der Waals surface area contributed by atoms with Crippen LogP contribution in [-0.2, 0) is 17.8 Å². The number of thioether (sulfide) groups is 1. The van der Waals surface area contributed by atoms with Gasteiger partial charge in [0.2, 0.25) is 0 Å². The minimum atomic E-state index is -0.441. The highest BCUT2D eigenvalue weighted by Gasteiger charge is 2.25. The number of rotatable bonds is 8. The molecule has 1 aromatic carbocycles. The third kappa shape index (κ3) is 5.66. The first kappa shape index (κ1) is 22.3. The molecule has 2 N–H and O–H groups in total. The van der Waals surface area contributed by atoms with Gasteiger partial charge in [-0.25, -0.2) is 0 Å². The van der Waals surface area contributed by atoms with Crippen molar-refractivity contribution in [2.24, 2.45) is 5.92 Å². The van der Waals surface area contributed by atoms with Crippen molar-refractivity contribution >= 4 is 17.7 Å². The molecule has 4 rings (SSSR count). The summed E-state index contributed by atoms with van der Waals surface area (Å²) in [6.07, 6.45) is 4.01. The Balaban J connectivity index is 1.37. The zero-order chi connectivity index (χ0) is 21.6. The van der Waals surface area contributed by atoms with Gasteiger partial charge in [-0.1, -0.05) is 19.1 Å². The Morgan fingerprint density at radius 2 is 2.19 bits per heavy atom. The first-order valence-corrected chi connectivity index (χ1v) is 12.1. The molecule has 0 spiro atoms. The van der Waals surface area contributed by atoms with Gasteiger partial charge in [0, 0.05) is 37.3 Å². The Kier molecular flexibility index (Phi) is 7.61. The average Bonchev–Trinajstić information content (AvgIpc) is 3.20. The van der Waals surface area contributed by atoms with Crippen LogP contribution in [0.15, 0.2) is 41.4 Å². The van der Waals surface area contributed by atoms with Crippen LogP contribution in [-0.4, -0.2) is 53.0 Å². The van der Waals surface area contributed by atoms with Crippen LogP contribution in [0.25, 0.3) is 0 Å². The highest BCUT2D eigenvalue weighted by molar-refractivity contribution is 7.99. The van der Waals surface area contributed by atoms with E-state index in [0.29, 0.717) is 11.5 Å². The number of aliphatic hydroxyl groups excluding tert-OH is 1. The molecule has 2 aliphatic heterocycles. The molecule has 1 aromatic heterocycles. The van der Waals surface area contributed by atoms with E-state index in [4.69, 9.17) is 4.74 Å². The Bertz CT molecular complexity index is 884. The molecule has 31 heavy (non-hydrogen) atoms. The molecule has 2 atom stereocenters. The summed E-state index contributed by atoms with van der Waals surface area (Å²) in [7, 11) is 0. The van der Waals surface area contributed by atoms with Crippen molar-refractivity contribution in [3.8, 4) is 0 Å². The van der Waals surface area contributed by atoms with Crippen molar-refractivity contribution in [1.82, 2.24) is 15.2 Å². The fourth-order valence-electron chi connectivity index (χ4n) is 4.34. The van der Waals surface area contributed by atoms with Gasteiger partial charge < -0.3 is 15.2 Å². The summed E-state index contributed by atoms with van der Waals surface area (Å²) in [5.41, 5.74) is 3.60. The van der Waals surface area contributed by atoms with Gasteiger partial charge in [0.05, 0.1) is 30.5 Å². The van der Waals surface area contributed by atoms with Crippen LogP contribution in [0, 0.1) is 5.92 Å². The van der Waals surface area contributed by atoms with E-state index in [-0.39, 0.29) is 12.5 Å². The van der Waals surface area contributed by atoms with Gasteiger partial charge in [-0.05, 0) is 53.8 Å². The van der Waals surface area contributed by atoms with Crippen molar-refractivity contribution in [3.63, 3.8) is 0 Å². The zero-order valence-corrected chi connectivity index (χ0v) is 18.9. The lowest BCUT2D eigenvalue weighted by atomic mass is 10.0. The third-order valence-corrected chi connectivity index (χ3v) is 6.84. The maximum atomic E-state index is 12.9. The predicted octanol–water partition coefficient (Wildman–Crippen LogP) is 3.40. The Morgan fingerprint density at radius 1 is 1.35 bits per heavy atom. The molecule has 0 radical (unpaired) electrons. The van der Waals surface area contributed by atoms with E-state index < -0.39 is 6.04 Å².